The molecule has 0 aliphatic carbocycles. The predicted molar refractivity (Wildman–Crippen MR) is 532 cm³/mol. The molecule has 0 N–H and O–H groups in total. The molecule has 17 heteroatoms. The molecule has 0 unspecified atom stereocenters. The van der Waals surface area contributed by atoms with E-state index in [9.17, 15) is 0 Å². The van der Waals surface area contributed by atoms with Gasteiger partial charge in [0.2, 0.25) is 0 Å². The molecule has 0 fully saturated rings. The maximum atomic E-state index is 7.13. The standard InChI is InChI=1S/5C17H11N.C7H8N.C5H4N.5C3H7.CHNS.CNS.CN.5Ni/c5*1-3-8-14(9-4-1)16-12-7-13-17(18-16)15-10-5-2-6-11-15;1-6-4-3-5-7(2)8-6;1-2-4-6-5-3-1;5*1-3-2;2*2-1-3;1-2;;;;;/h5*1-8,10,12-13H;4-5H,1-2H3;2-5H;5*3H,1-2H3;3H;;;;;;;/q5*-2;7*-1;;2*-1;5*+3/p-1. The Morgan fingerprint density at radius 1 is 0.265 bits per heavy atom. The number of rotatable bonds is 10. The molecule has 7 aromatic heterocycles. The number of nitrogens with zero attached hydrogens (tertiary/aromatic N) is 10. The van der Waals surface area contributed by atoms with Gasteiger partial charge in [-0.1, -0.05) is 146 Å². The Kier molecular flexibility index (Phi) is 78.0. The fraction of sp³-hybridized carbons (Fsp3) is 0.104. The first-order chi connectivity index (χ1) is 62.4. The number of pyridine rings is 7. The van der Waals surface area contributed by atoms with E-state index in [2.05, 4.69) is 133 Å². The van der Waals surface area contributed by atoms with Crippen LogP contribution in [0.25, 0.3) is 118 Å². The summed E-state index contributed by atoms with van der Waals surface area (Å²) in [6.07, 6.45) is 13.4. The number of hydrogen-bond acceptors (Lipinski definition) is 11. The molecule has 17 aromatic rings. The summed E-state index contributed by atoms with van der Waals surface area (Å²) < 4.78 is 0. The molecule has 0 aliphatic rings. The van der Waals surface area contributed by atoms with E-state index in [-0.39, 0.29) is 82.5 Å². The van der Waals surface area contributed by atoms with Crippen LogP contribution in [0.4, 0.5) is 0 Å². The first-order valence-corrected chi connectivity index (χ1v) is 41.3. The molecule has 0 aliphatic heterocycles. The van der Waals surface area contributed by atoms with Crippen molar-refractivity contribution in [3.05, 3.63) is 499 Å². The molecule has 10 aromatic carbocycles. The smallest absolute Gasteiger partial charge is 0.753 e. The number of thiocarbonyl (C=S) groups is 1. The van der Waals surface area contributed by atoms with E-state index in [0.717, 1.165) is 124 Å². The number of aromatic nitrogens is 7. The Bertz CT molecular complexity index is 4630. The van der Waals surface area contributed by atoms with Gasteiger partial charge in [-0.15, -0.1) is 359 Å². The summed E-state index contributed by atoms with van der Waals surface area (Å²) in [7, 11) is 0. The molecule has 132 heavy (non-hydrogen) atoms. The normalized spacial score (nSPS) is 8.70. The number of thiocyanates is 1. The number of nitriles is 1. The number of benzene rings is 10. The zero-order valence-electron chi connectivity index (χ0n) is 75.5. The maximum absolute atomic E-state index is 7.13. The fourth-order valence-corrected chi connectivity index (χ4v) is 10.1. The van der Waals surface area contributed by atoms with Crippen LogP contribution in [0.5, 0.6) is 0 Å². The molecule has 17 rings (SSSR count). The first-order valence-electron chi connectivity index (χ1n) is 40.4. The Morgan fingerprint density at radius 3 is 0.485 bits per heavy atom. The molecule has 5 radical (unpaired) electrons. The maximum Gasteiger partial charge on any atom is 3.00 e. The van der Waals surface area contributed by atoms with Crippen LogP contribution < -0.4 is 0 Å². The van der Waals surface area contributed by atoms with Crippen LogP contribution in [0.2, 0.25) is 0 Å². The number of aryl methyl sites for hydroxylation is 2. The number of hydrogen-bond donors (Lipinski definition) is 0. The van der Waals surface area contributed by atoms with Gasteiger partial charge >= 0.3 is 82.5 Å². The Morgan fingerprint density at radius 2 is 0.402 bits per heavy atom. The molecule has 0 bridgehead atoms. The summed E-state index contributed by atoms with van der Waals surface area (Å²) in [5.74, 6) is 0. The molecular weight excluding hydrogens is 1880 g/mol. The molecule has 7 heterocycles. The molecule has 0 saturated heterocycles. The van der Waals surface area contributed by atoms with Gasteiger partial charge in [-0.05, 0) is 56.9 Å². The van der Waals surface area contributed by atoms with Crippen LogP contribution >= 0.6 is 12.2 Å². The average Bonchev–Trinajstić information content (AvgIpc) is 0.860. The first kappa shape index (κ1) is 124. The van der Waals surface area contributed by atoms with E-state index in [1.165, 1.54) is 10.6 Å². The van der Waals surface area contributed by atoms with E-state index < -0.39 is 0 Å². The fourth-order valence-electron chi connectivity index (χ4n) is 10.1. The summed E-state index contributed by atoms with van der Waals surface area (Å²) in [6, 6.07) is 154. The zero-order valence-corrected chi connectivity index (χ0v) is 82.0. The Labute approximate surface area is 849 Å². The minimum Gasteiger partial charge on any atom is -0.753 e. The van der Waals surface area contributed by atoms with E-state index in [1.807, 2.05) is 461 Å². The third-order valence-electron chi connectivity index (χ3n) is 15.0. The van der Waals surface area contributed by atoms with Crippen molar-refractivity contribution in [3.63, 3.8) is 0 Å². The second-order valence-electron chi connectivity index (χ2n) is 25.7. The van der Waals surface area contributed by atoms with Crippen molar-refractivity contribution in [2.45, 2.75) is 83.1 Å². The van der Waals surface area contributed by atoms with E-state index in [4.69, 9.17) is 22.5 Å². The van der Waals surface area contributed by atoms with Gasteiger partial charge in [0.1, 0.15) is 0 Å². The van der Waals surface area contributed by atoms with Gasteiger partial charge in [0, 0.05) is 0 Å². The molecule has 10 nitrogen and oxygen atoms in total. The van der Waals surface area contributed by atoms with E-state index in [1.54, 1.807) is 24.5 Å². The van der Waals surface area contributed by atoms with Crippen molar-refractivity contribution >= 4 is 30.0 Å². The average molecular weight is 1980 g/mol. The Balaban J connectivity index is -0.00000143. The summed E-state index contributed by atoms with van der Waals surface area (Å²) >= 11 is 7.40. The van der Waals surface area contributed by atoms with E-state index >= 15 is 0 Å². The quantitative estimate of drug-likeness (QED) is 0.0320. The van der Waals surface area contributed by atoms with Crippen molar-refractivity contribution in [3.8, 4) is 118 Å². The largest absolute Gasteiger partial charge is 3.00 e. The summed E-state index contributed by atoms with van der Waals surface area (Å²) in [4.78, 5) is 31.1. The summed E-state index contributed by atoms with van der Waals surface area (Å²) in [6.45, 7) is 28.7. The van der Waals surface area contributed by atoms with Crippen LogP contribution in [0.1, 0.15) is 80.6 Å². The molecule has 0 saturated carbocycles. The van der Waals surface area contributed by atoms with Gasteiger partial charge in [0.25, 0.3) is 0 Å². The van der Waals surface area contributed by atoms with Crippen LogP contribution in [-0.4, -0.2) is 40.0 Å². The van der Waals surface area contributed by atoms with Gasteiger partial charge < -0.3 is 96.9 Å². The third kappa shape index (κ3) is 53.1. The molecular formula is C115H102N10Ni5S2-5. The second-order valence-corrected chi connectivity index (χ2v) is 26.0. The van der Waals surface area contributed by atoms with Crippen LogP contribution in [-0.2, 0) is 95.1 Å². The topological polar surface area (TPSA) is 160 Å². The van der Waals surface area contributed by atoms with Crippen LogP contribution in [0.15, 0.2) is 370 Å². The molecule has 0 spiro atoms. The molecule has 679 valence electrons. The van der Waals surface area contributed by atoms with Crippen molar-refractivity contribution < 1.29 is 82.5 Å². The Hall–Kier alpha value is -12.3. The third-order valence-corrected chi connectivity index (χ3v) is 15.0. The van der Waals surface area contributed by atoms with Crippen LogP contribution in [0, 0.1) is 141 Å². The SMILES string of the molecule is C[CH-]C.C[CH-]C.C[CH-]C.C[CH-]C.C[CH-]C.Cc1c[c-]cc(C)n1.N#C[S-].[C-]#N.[N-]=C=S.[Ni+3].[Ni+3].[Ni+3].[Ni+3].[Ni+3].[c-]1ccccc1-c1cccc(-c2[c-]cccc2)n1.[c-]1ccccc1-c1cccc(-c2[c-]cccc2)n1.[c-]1ccccc1-c1cccc(-c2[c-]cccc2)n1.[c-]1ccccc1-c1cccc(-c2[c-]cccc2)n1.[c-]1ccccc1-c1cccc(-c2[c-]cccc2)n1.[c-]1ccncc1. The van der Waals surface area contributed by atoms with Crippen molar-refractivity contribution in [1.29, 1.82) is 10.5 Å². The van der Waals surface area contributed by atoms with Gasteiger partial charge in [-0.3, -0.25) is 0 Å². The predicted octanol–water partition coefficient (Wildman–Crippen LogP) is 29.4. The van der Waals surface area contributed by atoms with Crippen molar-refractivity contribution in [1.82, 2.24) is 34.9 Å². The van der Waals surface area contributed by atoms with Crippen molar-refractivity contribution in [2.24, 2.45) is 0 Å². The molecule has 0 amide bonds. The van der Waals surface area contributed by atoms with Gasteiger partial charge in [-0.25, -0.2) is 5.26 Å². The van der Waals surface area contributed by atoms with Gasteiger partial charge in [0.15, 0.2) is 0 Å². The minimum absolute atomic E-state index is 0. The summed E-state index contributed by atoms with van der Waals surface area (Å²) in [5.41, 5.74) is 21.5. The zero-order chi connectivity index (χ0) is 92.2. The van der Waals surface area contributed by atoms with E-state index in [0.29, 0.717) is 0 Å². The molecule has 0 atom stereocenters. The minimum atomic E-state index is 0. The number of isothiocyanates is 1. The second kappa shape index (κ2) is 83.1. The monoisotopic (exact) mass is 1980 g/mol. The van der Waals surface area contributed by atoms with Gasteiger partial charge in [-0.2, -0.15) is 111 Å². The van der Waals surface area contributed by atoms with Crippen molar-refractivity contribution in [2.75, 3.05) is 0 Å². The van der Waals surface area contributed by atoms with Gasteiger partial charge in [0.05, 0.1) is 0 Å². The van der Waals surface area contributed by atoms with Crippen LogP contribution in [0.3, 0.4) is 0 Å². The summed E-state index contributed by atoms with van der Waals surface area (Å²) in [5, 5.41) is 23.2.